The number of rotatable bonds is 7. The number of thiazole rings is 1. The largest absolute Gasteiger partial charge is 0.337 e. The molecule has 0 radical (unpaired) electrons. The highest BCUT2D eigenvalue weighted by atomic mass is 32.1. The van der Waals surface area contributed by atoms with Crippen LogP contribution in [0.25, 0.3) is 21.0 Å². The van der Waals surface area contributed by atoms with Crippen LogP contribution in [0.2, 0.25) is 0 Å². The molecule has 2 heterocycles. The number of aromatic nitrogens is 3. The molecule has 2 aromatic heterocycles. The molecule has 1 amide bonds. The van der Waals surface area contributed by atoms with Gasteiger partial charge < -0.3 is 4.57 Å². The normalized spacial score (nSPS) is 11.3. The fourth-order valence-electron chi connectivity index (χ4n) is 3.88. The standard InChI is InChI=1S/C26H24N4OS/c1-2-19-8-11-23-24(16-19)32-26(28-23)30(14-5-13-29-15-12-27-18-29)25(31)22-10-9-20-6-3-4-7-21(20)17-22/h3-4,6-12,15-18H,2,5,13-14H2,1H3. The molecule has 0 unspecified atom stereocenters. The second-order valence-electron chi connectivity index (χ2n) is 7.82. The minimum atomic E-state index is -0.0174. The van der Waals surface area contributed by atoms with Gasteiger partial charge in [0.05, 0.1) is 16.5 Å². The van der Waals surface area contributed by atoms with Gasteiger partial charge in [-0.1, -0.05) is 54.7 Å². The van der Waals surface area contributed by atoms with Crippen LogP contribution in [-0.4, -0.2) is 27.0 Å². The first kappa shape index (κ1) is 20.4. The van der Waals surface area contributed by atoms with Crippen molar-refractivity contribution in [2.45, 2.75) is 26.3 Å². The highest BCUT2D eigenvalue weighted by molar-refractivity contribution is 7.22. The number of carbonyl (C=O) groups is 1. The lowest BCUT2D eigenvalue weighted by Gasteiger charge is -2.20. The summed E-state index contributed by atoms with van der Waals surface area (Å²) in [7, 11) is 0. The molecule has 0 aliphatic heterocycles. The molecule has 0 fully saturated rings. The van der Waals surface area contributed by atoms with E-state index in [0.29, 0.717) is 12.1 Å². The fourth-order valence-corrected chi connectivity index (χ4v) is 4.94. The van der Waals surface area contributed by atoms with E-state index in [-0.39, 0.29) is 5.91 Å². The summed E-state index contributed by atoms with van der Waals surface area (Å²) in [5, 5.41) is 2.94. The fraction of sp³-hybridized carbons (Fsp3) is 0.192. The number of hydrogen-bond donors (Lipinski definition) is 0. The van der Waals surface area contributed by atoms with Gasteiger partial charge in [-0.05, 0) is 53.4 Å². The summed E-state index contributed by atoms with van der Waals surface area (Å²) in [6, 6.07) is 20.4. The van der Waals surface area contributed by atoms with E-state index >= 15 is 0 Å². The maximum atomic E-state index is 13.7. The van der Waals surface area contributed by atoms with Crippen LogP contribution >= 0.6 is 11.3 Å². The molecule has 0 bridgehead atoms. The summed E-state index contributed by atoms with van der Waals surface area (Å²) in [5.74, 6) is -0.0174. The molecule has 5 rings (SSSR count). The van der Waals surface area contributed by atoms with Crippen molar-refractivity contribution >= 4 is 43.4 Å². The van der Waals surface area contributed by atoms with Crippen molar-refractivity contribution < 1.29 is 4.79 Å². The third-order valence-corrected chi connectivity index (χ3v) is 6.72. The van der Waals surface area contributed by atoms with Crippen molar-refractivity contribution in [3.05, 3.63) is 90.5 Å². The topological polar surface area (TPSA) is 51.0 Å². The van der Waals surface area contributed by atoms with Crippen molar-refractivity contribution in [2.24, 2.45) is 0 Å². The molecule has 5 nitrogen and oxygen atoms in total. The summed E-state index contributed by atoms with van der Waals surface area (Å²) in [6.45, 7) is 3.53. The Hall–Kier alpha value is -3.51. The number of anilines is 1. The molecule has 3 aromatic carbocycles. The first-order valence-electron chi connectivity index (χ1n) is 10.9. The Kier molecular flexibility index (Phi) is 5.69. The predicted molar refractivity (Wildman–Crippen MR) is 131 cm³/mol. The zero-order valence-electron chi connectivity index (χ0n) is 17.9. The van der Waals surface area contributed by atoms with Gasteiger partial charge >= 0.3 is 0 Å². The molecule has 32 heavy (non-hydrogen) atoms. The van der Waals surface area contributed by atoms with E-state index in [4.69, 9.17) is 4.98 Å². The van der Waals surface area contributed by atoms with Crippen LogP contribution in [-0.2, 0) is 13.0 Å². The van der Waals surface area contributed by atoms with E-state index in [1.807, 2.05) is 52.1 Å². The first-order chi connectivity index (χ1) is 15.7. The zero-order chi connectivity index (χ0) is 21.9. The Balaban J connectivity index is 1.48. The van der Waals surface area contributed by atoms with E-state index in [2.05, 4.69) is 36.2 Å². The molecule has 0 spiro atoms. The average Bonchev–Trinajstić information content (AvgIpc) is 3.50. The van der Waals surface area contributed by atoms with Gasteiger partial charge in [0.1, 0.15) is 0 Å². The van der Waals surface area contributed by atoms with Crippen LogP contribution in [0, 0.1) is 0 Å². The Morgan fingerprint density at radius 1 is 1.06 bits per heavy atom. The van der Waals surface area contributed by atoms with Gasteiger partial charge in [-0.25, -0.2) is 9.97 Å². The van der Waals surface area contributed by atoms with Gasteiger partial charge in [0.2, 0.25) is 0 Å². The van der Waals surface area contributed by atoms with Crippen LogP contribution in [0.3, 0.4) is 0 Å². The number of amides is 1. The van der Waals surface area contributed by atoms with Gasteiger partial charge in [-0.3, -0.25) is 9.69 Å². The average molecular weight is 441 g/mol. The molecule has 0 aliphatic rings. The Morgan fingerprint density at radius 2 is 1.94 bits per heavy atom. The van der Waals surface area contributed by atoms with E-state index < -0.39 is 0 Å². The van der Waals surface area contributed by atoms with Gasteiger partial charge in [-0.2, -0.15) is 0 Å². The summed E-state index contributed by atoms with van der Waals surface area (Å²) < 4.78 is 3.15. The molecule has 0 aliphatic carbocycles. The minimum Gasteiger partial charge on any atom is -0.337 e. The van der Waals surface area contributed by atoms with Crippen LogP contribution in [0.15, 0.2) is 79.4 Å². The van der Waals surface area contributed by atoms with E-state index in [1.165, 1.54) is 5.56 Å². The van der Waals surface area contributed by atoms with Crippen LogP contribution < -0.4 is 4.90 Å². The molecular weight excluding hydrogens is 416 g/mol. The lowest BCUT2D eigenvalue weighted by molar-refractivity contribution is 0.0986. The maximum absolute atomic E-state index is 13.7. The van der Waals surface area contributed by atoms with E-state index in [9.17, 15) is 4.79 Å². The maximum Gasteiger partial charge on any atom is 0.260 e. The van der Waals surface area contributed by atoms with Gasteiger partial charge in [0, 0.05) is 31.0 Å². The Morgan fingerprint density at radius 3 is 2.75 bits per heavy atom. The lowest BCUT2D eigenvalue weighted by Crippen LogP contribution is -2.32. The van der Waals surface area contributed by atoms with Gasteiger partial charge in [0.25, 0.3) is 5.91 Å². The molecule has 0 saturated heterocycles. The molecule has 0 N–H and O–H groups in total. The van der Waals surface area contributed by atoms with E-state index in [1.54, 1.807) is 23.9 Å². The number of carbonyl (C=O) groups excluding carboxylic acids is 1. The highest BCUT2D eigenvalue weighted by Gasteiger charge is 2.21. The minimum absolute atomic E-state index is 0.0174. The number of hydrogen-bond acceptors (Lipinski definition) is 4. The van der Waals surface area contributed by atoms with Crippen molar-refractivity contribution in [3.63, 3.8) is 0 Å². The molecule has 160 valence electrons. The smallest absolute Gasteiger partial charge is 0.260 e. The van der Waals surface area contributed by atoms with Gasteiger partial charge in [0.15, 0.2) is 5.13 Å². The zero-order valence-corrected chi connectivity index (χ0v) is 18.8. The summed E-state index contributed by atoms with van der Waals surface area (Å²) >= 11 is 1.58. The molecule has 6 heteroatoms. The predicted octanol–water partition coefficient (Wildman–Crippen LogP) is 5.95. The second-order valence-corrected chi connectivity index (χ2v) is 8.83. The van der Waals surface area contributed by atoms with E-state index in [0.717, 1.165) is 45.5 Å². The van der Waals surface area contributed by atoms with Crippen LogP contribution in [0.4, 0.5) is 5.13 Å². The third kappa shape index (κ3) is 4.14. The Labute approximate surface area is 191 Å². The number of aryl methyl sites for hydroxylation is 2. The number of benzene rings is 3. The molecule has 0 saturated carbocycles. The number of fused-ring (bicyclic) bond motifs is 2. The van der Waals surface area contributed by atoms with Crippen LogP contribution in [0.1, 0.15) is 29.3 Å². The van der Waals surface area contributed by atoms with Crippen molar-refractivity contribution in [1.82, 2.24) is 14.5 Å². The molecule has 5 aromatic rings. The number of imidazole rings is 1. The molecular formula is C26H24N4OS. The molecule has 0 atom stereocenters. The summed E-state index contributed by atoms with van der Waals surface area (Å²) in [6.07, 6.45) is 7.31. The lowest BCUT2D eigenvalue weighted by atomic mass is 10.1. The SMILES string of the molecule is CCc1ccc2nc(N(CCCn3ccnc3)C(=O)c3ccc4ccccc4c3)sc2c1. The quantitative estimate of drug-likeness (QED) is 0.314. The Bertz CT molecular complexity index is 1370. The highest BCUT2D eigenvalue weighted by Crippen LogP contribution is 2.31. The van der Waals surface area contributed by atoms with Crippen LogP contribution in [0.5, 0.6) is 0 Å². The van der Waals surface area contributed by atoms with Crippen molar-refractivity contribution in [1.29, 1.82) is 0 Å². The van der Waals surface area contributed by atoms with Gasteiger partial charge in [-0.15, -0.1) is 0 Å². The van der Waals surface area contributed by atoms with Crippen molar-refractivity contribution in [3.8, 4) is 0 Å². The second kappa shape index (κ2) is 8.93. The number of nitrogens with zero attached hydrogens (tertiary/aromatic N) is 4. The monoisotopic (exact) mass is 440 g/mol. The first-order valence-corrected chi connectivity index (χ1v) is 11.7. The summed E-state index contributed by atoms with van der Waals surface area (Å²) in [5.41, 5.74) is 2.90. The van der Waals surface area contributed by atoms with Crippen molar-refractivity contribution in [2.75, 3.05) is 11.4 Å². The summed E-state index contributed by atoms with van der Waals surface area (Å²) in [4.78, 5) is 24.4. The third-order valence-electron chi connectivity index (χ3n) is 5.68.